The Hall–Kier alpha value is -1.95. The quantitative estimate of drug-likeness (QED) is 0.802. The maximum absolute atomic E-state index is 12.9. The summed E-state index contributed by atoms with van der Waals surface area (Å²) in [6.07, 6.45) is 1.26. The Morgan fingerprint density at radius 1 is 1.56 bits per heavy atom. The van der Waals surface area contributed by atoms with Crippen LogP contribution in [0.3, 0.4) is 0 Å². The number of nitrogens with zero attached hydrogens (tertiary/aromatic N) is 3. The molecule has 0 aliphatic rings. The average Bonchev–Trinajstić information content (AvgIpc) is 2.78. The second-order valence-corrected chi connectivity index (χ2v) is 3.74. The highest BCUT2D eigenvalue weighted by molar-refractivity contribution is 6.32. The van der Waals surface area contributed by atoms with Gasteiger partial charge in [0, 0.05) is 0 Å². The van der Waals surface area contributed by atoms with Gasteiger partial charge in [-0.15, -0.1) is 9.90 Å². The minimum atomic E-state index is -0.568. The fraction of sp³-hybridized carbons (Fsp3) is 0.182. The van der Waals surface area contributed by atoms with Gasteiger partial charge in [0.1, 0.15) is 11.5 Å². The number of halogens is 2. The first-order valence-corrected chi connectivity index (χ1v) is 5.54. The lowest BCUT2D eigenvalue weighted by molar-refractivity contribution is 0.0519. The molecule has 2 rings (SSSR count). The minimum Gasteiger partial charge on any atom is -0.461 e. The average molecular weight is 270 g/mol. The van der Waals surface area contributed by atoms with E-state index in [-0.39, 0.29) is 17.3 Å². The summed E-state index contributed by atoms with van der Waals surface area (Å²) < 4.78 is 17.7. The number of carbonyl (C=O) groups excluding carboxylic acids is 1. The van der Waals surface area contributed by atoms with E-state index in [4.69, 9.17) is 16.3 Å². The van der Waals surface area contributed by atoms with Crippen LogP contribution in [0.25, 0.3) is 5.69 Å². The van der Waals surface area contributed by atoms with E-state index < -0.39 is 11.8 Å². The van der Waals surface area contributed by atoms with Gasteiger partial charge >= 0.3 is 5.97 Å². The number of benzene rings is 1. The smallest absolute Gasteiger partial charge is 0.360 e. The molecule has 18 heavy (non-hydrogen) atoms. The van der Waals surface area contributed by atoms with Crippen molar-refractivity contribution < 1.29 is 13.9 Å². The van der Waals surface area contributed by atoms with Crippen LogP contribution >= 0.6 is 11.6 Å². The highest BCUT2D eigenvalue weighted by atomic mass is 35.5. The molecule has 5 nitrogen and oxygen atoms in total. The summed E-state index contributed by atoms with van der Waals surface area (Å²) in [6.45, 7) is 1.95. The van der Waals surface area contributed by atoms with Gasteiger partial charge in [-0.1, -0.05) is 11.6 Å². The van der Waals surface area contributed by atoms with E-state index in [2.05, 4.69) is 10.2 Å². The van der Waals surface area contributed by atoms with E-state index in [9.17, 15) is 9.18 Å². The van der Waals surface area contributed by atoms with Gasteiger partial charge in [0.05, 0.1) is 17.8 Å². The Morgan fingerprint density at radius 3 is 3.00 bits per heavy atom. The van der Waals surface area contributed by atoms with Gasteiger partial charge in [-0.05, 0) is 25.1 Å². The highest BCUT2D eigenvalue weighted by Gasteiger charge is 2.13. The molecule has 0 fully saturated rings. The van der Waals surface area contributed by atoms with E-state index in [0.29, 0.717) is 5.69 Å². The van der Waals surface area contributed by atoms with Crippen LogP contribution in [0.4, 0.5) is 4.39 Å². The number of esters is 1. The zero-order valence-electron chi connectivity index (χ0n) is 9.43. The van der Waals surface area contributed by atoms with Crippen LogP contribution in [-0.2, 0) is 4.74 Å². The van der Waals surface area contributed by atoms with Gasteiger partial charge in [-0.3, -0.25) is 0 Å². The number of hydrogen-bond acceptors (Lipinski definition) is 4. The molecule has 1 aromatic heterocycles. The van der Waals surface area contributed by atoms with E-state index in [0.717, 1.165) is 10.9 Å². The molecule has 0 aliphatic heterocycles. The molecule has 0 unspecified atom stereocenters. The van der Waals surface area contributed by atoms with Gasteiger partial charge in [0.25, 0.3) is 0 Å². The molecule has 1 aromatic carbocycles. The molecule has 0 saturated heterocycles. The Balaban J connectivity index is 2.32. The normalized spacial score (nSPS) is 10.4. The predicted octanol–water partition coefficient (Wildman–Crippen LogP) is 2.24. The molecule has 0 saturated carbocycles. The molecule has 0 spiro atoms. The standard InChI is InChI=1S/C11H9ClFN3O2/c1-2-18-11(17)9-6-14-16(15-9)10-4-3-7(13)5-8(10)12/h3-6H,2H2,1H3. The summed E-state index contributed by atoms with van der Waals surface area (Å²) in [5.74, 6) is -1.02. The third kappa shape index (κ3) is 2.48. The first-order valence-electron chi connectivity index (χ1n) is 5.16. The number of ether oxygens (including phenoxy) is 1. The number of hydrogen-bond donors (Lipinski definition) is 0. The van der Waals surface area contributed by atoms with Crippen LogP contribution in [-0.4, -0.2) is 27.6 Å². The second kappa shape index (κ2) is 5.14. The van der Waals surface area contributed by atoms with Crippen molar-refractivity contribution in [2.24, 2.45) is 0 Å². The third-order valence-electron chi connectivity index (χ3n) is 2.10. The van der Waals surface area contributed by atoms with Crippen LogP contribution in [0.2, 0.25) is 5.02 Å². The summed E-state index contributed by atoms with van der Waals surface area (Å²) in [5.41, 5.74) is 0.450. The van der Waals surface area contributed by atoms with Crippen molar-refractivity contribution in [1.29, 1.82) is 0 Å². The van der Waals surface area contributed by atoms with Gasteiger partial charge in [-0.25, -0.2) is 9.18 Å². The summed E-state index contributed by atoms with van der Waals surface area (Å²) in [6, 6.07) is 3.80. The second-order valence-electron chi connectivity index (χ2n) is 3.34. The Morgan fingerprint density at radius 2 is 2.33 bits per heavy atom. The minimum absolute atomic E-state index is 0.0669. The molecule has 94 valence electrons. The van der Waals surface area contributed by atoms with Crippen molar-refractivity contribution in [3.63, 3.8) is 0 Å². The molecule has 1 heterocycles. The van der Waals surface area contributed by atoms with Gasteiger partial charge in [0.15, 0.2) is 5.69 Å². The van der Waals surface area contributed by atoms with Crippen LogP contribution < -0.4 is 0 Å². The maximum atomic E-state index is 12.9. The van der Waals surface area contributed by atoms with Gasteiger partial charge in [-0.2, -0.15) is 5.10 Å². The molecule has 0 atom stereocenters. The molecule has 7 heteroatoms. The summed E-state index contributed by atoms with van der Waals surface area (Å²) >= 11 is 5.86. The Kier molecular flexibility index (Phi) is 3.57. The third-order valence-corrected chi connectivity index (χ3v) is 2.40. The summed E-state index contributed by atoms with van der Waals surface area (Å²) in [7, 11) is 0. The highest BCUT2D eigenvalue weighted by Crippen LogP contribution is 2.20. The lowest BCUT2D eigenvalue weighted by Crippen LogP contribution is -2.07. The van der Waals surface area contributed by atoms with Crippen molar-refractivity contribution in [2.45, 2.75) is 6.92 Å². The van der Waals surface area contributed by atoms with E-state index >= 15 is 0 Å². The van der Waals surface area contributed by atoms with Crippen LogP contribution in [0, 0.1) is 5.82 Å². The van der Waals surface area contributed by atoms with Gasteiger partial charge < -0.3 is 4.74 Å². The largest absolute Gasteiger partial charge is 0.461 e. The fourth-order valence-corrected chi connectivity index (χ4v) is 1.56. The molecular formula is C11H9ClFN3O2. The SMILES string of the molecule is CCOC(=O)c1cnn(-c2ccc(F)cc2Cl)n1. The lowest BCUT2D eigenvalue weighted by Gasteiger charge is -2.02. The molecule has 0 bridgehead atoms. The van der Waals surface area contributed by atoms with Crippen LogP contribution in [0.5, 0.6) is 0 Å². The molecule has 0 aliphatic carbocycles. The lowest BCUT2D eigenvalue weighted by atomic mass is 10.3. The van der Waals surface area contributed by atoms with Crippen molar-refractivity contribution in [3.8, 4) is 5.69 Å². The number of aromatic nitrogens is 3. The summed E-state index contributed by atoms with van der Waals surface area (Å²) in [4.78, 5) is 12.5. The van der Waals surface area contributed by atoms with Gasteiger partial charge in [0.2, 0.25) is 0 Å². The first-order chi connectivity index (χ1) is 8.61. The number of rotatable bonds is 3. The maximum Gasteiger partial charge on any atom is 0.360 e. The van der Waals surface area contributed by atoms with E-state index in [1.54, 1.807) is 6.92 Å². The molecule has 0 N–H and O–H groups in total. The van der Waals surface area contributed by atoms with Crippen molar-refractivity contribution in [1.82, 2.24) is 15.0 Å². The molecular weight excluding hydrogens is 261 g/mol. The number of carbonyl (C=O) groups is 1. The van der Waals surface area contributed by atoms with Crippen molar-refractivity contribution in [2.75, 3.05) is 6.61 Å². The molecule has 0 amide bonds. The predicted molar refractivity (Wildman–Crippen MR) is 62.3 cm³/mol. The Bertz CT molecular complexity index is 585. The molecule has 0 radical (unpaired) electrons. The zero-order chi connectivity index (χ0) is 13.1. The Labute approximate surface area is 107 Å². The monoisotopic (exact) mass is 269 g/mol. The van der Waals surface area contributed by atoms with Crippen molar-refractivity contribution in [3.05, 3.63) is 40.9 Å². The van der Waals surface area contributed by atoms with E-state index in [1.807, 2.05) is 0 Å². The molecule has 2 aromatic rings. The fourth-order valence-electron chi connectivity index (χ4n) is 1.32. The zero-order valence-corrected chi connectivity index (χ0v) is 10.2. The topological polar surface area (TPSA) is 57.0 Å². The van der Waals surface area contributed by atoms with Crippen molar-refractivity contribution >= 4 is 17.6 Å². The van der Waals surface area contributed by atoms with E-state index in [1.165, 1.54) is 18.3 Å². The van der Waals surface area contributed by atoms with Crippen LogP contribution in [0.15, 0.2) is 24.4 Å². The van der Waals surface area contributed by atoms with Crippen LogP contribution in [0.1, 0.15) is 17.4 Å². The first kappa shape index (κ1) is 12.5. The summed E-state index contributed by atoms with van der Waals surface area (Å²) in [5, 5.41) is 7.95.